The molecule has 0 heterocycles. The summed E-state index contributed by atoms with van der Waals surface area (Å²) in [5.41, 5.74) is 0.0537. The van der Waals surface area contributed by atoms with Crippen LogP contribution in [0.5, 0.6) is 0 Å². The second kappa shape index (κ2) is 7.06. The molecule has 3 heteroatoms. The van der Waals surface area contributed by atoms with E-state index in [9.17, 15) is 9.59 Å². The lowest BCUT2D eigenvalue weighted by Gasteiger charge is -2.43. The molecular weight excluding hydrogens is 264 g/mol. The van der Waals surface area contributed by atoms with Crippen LogP contribution in [-0.2, 0) is 14.3 Å². The first-order valence-electron chi connectivity index (χ1n) is 7.67. The van der Waals surface area contributed by atoms with Crippen LogP contribution in [0, 0.1) is 16.7 Å². The molecule has 0 aromatic carbocycles. The van der Waals surface area contributed by atoms with Crippen molar-refractivity contribution >= 4 is 11.8 Å². The summed E-state index contributed by atoms with van der Waals surface area (Å²) in [7, 11) is 0. The lowest BCUT2D eigenvalue weighted by molar-refractivity contribution is -0.142. The molecule has 0 bridgehead atoms. The van der Waals surface area contributed by atoms with Gasteiger partial charge in [0.15, 0.2) is 5.78 Å². The molecule has 21 heavy (non-hydrogen) atoms. The van der Waals surface area contributed by atoms with Gasteiger partial charge in [-0.1, -0.05) is 33.9 Å². The molecule has 0 radical (unpaired) electrons. The Labute approximate surface area is 128 Å². The monoisotopic (exact) mass is 292 g/mol. The zero-order valence-electron chi connectivity index (χ0n) is 13.6. The minimum absolute atomic E-state index is 0.00436. The summed E-state index contributed by atoms with van der Waals surface area (Å²) >= 11 is 0. The fourth-order valence-electron chi connectivity index (χ4n) is 3.21. The Kier molecular flexibility index (Phi) is 5.94. The number of carbonyl (C=O) groups is 2. The molecule has 0 spiro atoms. The molecule has 0 saturated heterocycles. The van der Waals surface area contributed by atoms with E-state index in [2.05, 4.69) is 33.9 Å². The van der Waals surface area contributed by atoms with E-state index in [4.69, 9.17) is 4.74 Å². The minimum Gasteiger partial charge on any atom is -0.462 e. The van der Waals surface area contributed by atoms with Crippen molar-refractivity contribution in [1.29, 1.82) is 0 Å². The maximum absolute atomic E-state index is 11.6. The molecule has 3 nitrogen and oxygen atoms in total. The average molecular weight is 292 g/mol. The van der Waals surface area contributed by atoms with Gasteiger partial charge in [0.2, 0.25) is 0 Å². The van der Waals surface area contributed by atoms with Gasteiger partial charge >= 0.3 is 5.97 Å². The van der Waals surface area contributed by atoms with E-state index < -0.39 is 0 Å². The van der Waals surface area contributed by atoms with Crippen molar-refractivity contribution in [3.05, 3.63) is 25.3 Å². The number of hydrogen-bond donors (Lipinski definition) is 0. The third kappa shape index (κ3) is 5.14. The minimum atomic E-state index is -0.352. The van der Waals surface area contributed by atoms with Gasteiger partial charge in [-0.05, 0) is 43.1 Å². The van der Waals surface area contributed by atoms with Gasteiger partial charge in [0.05, 0.1) is 6.61 Å². The molecule has 0 amide bonds. The summed E-state index contributed by atoms with van der Waals surface area (Å²) in [6.45, 7) is 13.9. The zero-order chi connectivity index (χ0) is 16.1. The van der Waals surface area contributed by atoms with Gasteiger partial charge in [0, 0.05) is 17.9 Å². The quantitative estimate of drug-likeness (QED) is 0.524. The normalized spacial score (nSPS) is 26.0. The maximum atomic E-state index is 11.6. The van der Waals surface area contributed by atoms with E-state index in [1.807, 2.05) is 0 Å². The number of carbonyl (C=O) groups excluding carboxylic acids is 2. The molecule has 0 atom stereocenters. The van der Waals surface area contributed by atoms with Crippen LogP contribution in [0.2, 0.25) is 0 Å². The van der Waals surface area contributed by atoms with Crippen molar-refractivity contribution in [3.8, 4) is 0 Å². The van der Waals surface area contributed by atoms with Crippen LogP contribution in [0.25, 0.3) is 0 Å². The van der Waals surface area contributed by atoms with Crippen LogP contribution in [0.4, 0.5) is 0 Å². The largest absolute Gasteiger partial charge is 0.462 e. The first-order valence-corrected chi connectivity index (χ1v) is 7.67. The van der Waals surface area contributed by atoms with E-state index in [1.165, 1.54) is 12.2 Å². The van der Waals surface area contributed by atoms with E-state index in [-0.39, 0.29) is 22.6 Å². The Morgan fingerprint density at radius 1 is 1.24 bits per heavy atom. The van der Waals surface area contributed by atoms with Gasteiger partial charge in [0.1, 0.15) is 0 Å². The third-order valence-electron chi connectivity index (χ3n) is 4.88. The molecule has 1 fully saturated rings. The van der Waals surface area contributed by atoms with E-state index >= 15 is 0 Å². The Morgan fingerprint density at radius 3 is 2.29 bits per heavy atom. The average Bonchev–Trinajstić information content (AvgIpc) is 2.44. The Balaban J connectivity index is 2.54. The van der Waals surface area contributed by atoms with Gasteiger partial charge in [-0.2, -0.15) is 0 Å². The molecule has 0 unspecified atom stereocenters. The molecule has 1 saturated carbocycles. The Morgan fingerprint density at radius 2 is 1.81 bits per heavy atom. The number of ketones is 1. The highest BCUT2D eigenvalue weighted by Gasteiger charge is 2.38. The molecular formula is C18H28O3. The predicted octanol–water partition coefficient (Wildman–Crippen LogP) is 4.08. The SMILES string of the molecule is C=CC(=O)CC(C)(C)C1CCC(C)(COC(=O)C=C)CC1. The predicted molar refractivity (Wildman–Crippen MR) is 84.8 cm³/mol. The summed E-state index contributed by atoms with van der Waals surface area (Å²) in [4.78, 5) is 22.8. The molecule has 0 aromatic rings. The maximum Gasteiger partial charge on any atom is 0.330 e. The topological polar surface area (TPSA) is 43.4 Å². The molecule has 0 N–H and O–H groups in total. The smallest absolute Gasteiger partial charge is 0.330 e. The second-order valence-electron chi connectivity index (χ2n) is 7.23. The number of rotatable bonds is 7. The summed E-state index contributed by atoms with van der Waals surface area (Å²) < 4.78 is 5.21. The van der Waals surface area contributed by atoms with Crippen LogP contribution in [-0.4, -0.2) is 18.4 Å². The van der Waals surface area contributed by atoms with Crippen LogP contribution >= 0.6 is 0 Å². The van der Waals surface area contributed by atoms with Gasteiger partial charge in [-0.15, -0.1) is 0 Å². The van der Waals surface area contributed by atoms with Crippen molar-refractivity contribution in [2.75, 3.05) is 6.61 Å². The van der Waals surface area contributed by atoms with Gasteiger partial charge in [-0.3, -0.25) is 4.79 Å². The highest BCUT2D eigenvalue weighted by atomic mass is 16.5. The first-order chi connectivity index (χ1) is 9.72. The Hall–Kier alpha value is -1.38. The highest BCUT2D eigenvalue weighted by Crippen LogP contribution is 2.46. The van der Waals surface area contributed by atoms with Gasteiger partial charge in [0.25, 0.3) is 0 Å². The standard InChI is InChI=1S/C18H28O3/c1-6-15(19)12-17(3,4)14-8-10-18(5,11-9-14)13-21-16(20)7-2/h6-7,14H,1-2,8-13H2,3-5H3. The van der Waals surface area contributed by atoms with Crippen molar-refractivity contribution in [3.63, 3.8) is 0 Å². The molecule has 0 aromatic heterocycles. The number of esters is 1. The molecule has 1 aliphatic carbocycles. The number of ether oxygens (including phenoxy) is 1. The van der Waals surface area contributed by atoms with Crippen LogP contribution in [0.3, 0.4) is 0 Å². The highest BCUT2D eigenvalue weighted by molar-refractivity contribution is 5.89. The summed E-state index contributed by atoms with van der Waals surface area (Å²) in [6.07, 6.45) is 7.37. The molecule has 0 aliphatic heterocycles. The van der Waals surface area contributed by atoms with Gasteiger partial charge in [-0.25, -0.2) is 4.79 Å². The van der Waals surface area contributed by atoms with Crippen LogP contribution in [0.15, 0.2) is 25.3 Å². The zero-order valence-corrected chi connectivity index (χ0v) is 13.6. The van der Waals surface area contributed by atoms with E-state index in [0.717, 1.165) is 25.7 Å². The van der Waals surface area contributed by atoms with Crippen molar-refractivity contribution < 1.29 is 14.3 Å². The van der Waals surface area contributed by atoms with Crippen LogP contribution < -0.4 is 0 Å². The number of allylic oxidation sites excluding steroid dienone is 1. The lowest BCUT2D eigenvalue weighted by atomic mass is 9.63. The van der Waals surface area contributed by atoms with Crippen LogP contribution in [0.1, 0.15) is 52.9 Å². The number of hydrogen-bond acceptors (Lipinski definition) is 3. The Bertz CT molecular complexity index is 412. The lowest BCUT2D eigenvalue weighted by Crippen LogP contribution is -2.36. The van der Waals surface area contributed by atoms with E-state index in [0.29, 0.717) is 18.9 Å². The fourth-order valence-corrected chi connectivity index (χ4v) is 3.21. The summed E-state index contributed by atoms with van der Waals surface area (Å²) in [6, 6.07) is 0. The van der Waals surface area contributed by atoms with Crippen molar-refractivity contribution in [2.24, 2.45) is 16.7 Å². The summed E-state index contributed by atoms with van der Waals surface area (Å²) in [5.74, 6) is 0.299. The molecule has 1 rings (SSSR count). The second-order valence-corrected chi connectivity index (χ2v) is 7.23. The van der Waals surface area contributed by atoms with E-state index in [1.54, 1.807) is 0 Å². The summed E-state index contributed by atoms with van der Waals surface area (Å²) in [5, 5.41) is 0. The molecule has 118 valence electrons. The van der Waals surface area contributed by atoms with Gasteiger partial charge < -0.3 is 4.74 Å². The fraction of sp³-hybridized carbons (Fsp3) is 0.667. The third-order valence-corrected chi connectivity index (χ3v) is 4.88. The molecule has 1 aliphatic rings. The van der Waals surface area contributed by atoms with Crippen molar-refractivity contribution in [1.82, 2.24) is 0 Å². The first kappa shape index (κ1) is 17.7. The van der Waals surface area contributed by atoms with Crippen molar-refractivity contribution in [2.45, 2.75) is 52.9 Å².